The van der Waals surface area contributed by atoms with Crippen LogP contribution in [0.3, 0.4) is 0 Å². The Morgan fingerprint density at radius 1 is 0.897 bits per heavy atom. The second kappa shape index (κ2) is 16.4. The molecule has 2 fully saturated rings. The number of carbonyl (C=O) groups excluding carboxylic acids is 1. The lowest BCUT2D eigenvalue weighted by atomic mass is 10.2. The summed E-state index contributed by atoms with van der Waals surface area (Å²) >= 11 is 0. The van der Waals surface area contributed by atoms with Gasteiger partial charge in [0.25, 0.3) is 5.92 Å². The number of rotatable bonds is 15. The molecule has 4 heterocycles. The maximum Gasteiger partial charge on any atom is 0.410 e. The van der Waals surface area contributed by atoms with Crippen molar-refractivity contribution in [2.45, 2.75) is 44.7 Å². The number of ether oxygens (including phenoxy) is 3. The number of piperazine rings is 1. The molecule has 1 aliphatic carbocycles. The summed E-state index contributed by atoms with van der Waals surface area (Å²) in [5, 5.41) is 4.65. The first-order valence-electron chi connectivity index (χ1n) is 19.4. The number of benzene rings is 3. The molecule has 8 rings (SSSR count). The van der Waals surface area contributed by atoms with Crippen LogP contribution in [0.4, 0.5) is 25.5 Å². The number of fused-ring (bicyclic) bond motifs is 2. The largest absolute Gasteiger partial charge is 0.497 e. The molecule has 16 heteroatoms. The molecule has 3 aromatic carbocycles. The normalized spacial score (nSPS) is 16.8. The van der Waals surface area contributed by atoms with Crippen LogP contribution >= 0.6 is 10.0 Å². The zero-order valence-electron chi connectivity index (χ0n) is 33.3. The van der Waals surface area contributed by atoms with E-state index in [1.165, 1.54) is 6.20 Å². The third-order valence-corrected chi connectivity index (χ3v) is 11.9. The maximum absolute atomic E-state index is 14.7. The van der Waals surface area contributed by atoms with Crippen LogP contribution in [0.15, 0.2) is 85.1 Å². The Bertz CT molecular complexity index is 2360. The molecule has 1 unspecified atom stereocenters. The number of aromatic nitrogens is 6. The van der Waals surface area contributed by atoms with Crippen LogP contribution in [0.5, 0.6) is 5.75 Å². The lowest BCUT2D eigenvalue weighted by Gasteiger charge is -2.34. The Hall–Kier alpha value is -5.48. The van der Waals surface area contributed by atoms with Crippen LogP contribution in [0.25, 0.3) is 16.7 Å². The van der Waals surface area contributed by atoms with E-state index < -0.39 is 28.0 Å². The van der Waals surface area contributed by atoms with Gasteiger partial charge in [-0.15, -0.1) is 0 Å². The fourth-order valence-electron chi connectivity index (χ4n) is 7.09. The van der Waals surface area contributed by atoms with Crippen LogP contribution in [-0.4, -0.2) is 110 Å². The molecule has 306 valence electrons. The van der Waals surface area contributed by atoms with Crippen molar-refractivity contribution in [1.29, 1.82) is 0 Å². The van der Waals surface area contributed by atoms with Crippen LogP contribution in [0, 0.1) is 0 Å². The van der Waals surface area contributed by atoms with Crippen molar-refractivity contribution in [3.8, 4) is 5.75 Å². The molecule has 1 aliphatic heterocycles. The van der Waals surface area contributed by atoms with Crippen molar-refractivity contribution < 1.29 is 27.8 Å². The van der Waals surface area contributed by atoms with E-state index in [0.29, 0.717) is 69.2 Å². The second-order valence-electron chi connectivity index (χ2n) is 15.7. The van der Waals surface area contributed by atoms with Crippen molar-refractivity contribution in [2.75, 3.05) is 74.2 Å². The highest BCUT2D eigenvalue weighted by Gasteiger charge is 2.59. The van der Waals surface area contributed by atoms with E-state index in [1.54, 1.807) is 16.5 Å². The zero-order chi connectivity index (χ0) is 40.4. The lowest BCUT2D eigenvalue weighted by Crippen LogP contribution is -2.49. The summed E-state index contributed by atoms with van der Waals surface area (Å²) in [6, 6.07) is 25.3. The van der Waals surface area contributed by atoms with Gasteiger partial charge in [0, 0.05) is 50.5 Å². The predicted molar refractivity (Wildman–Crippen MR) is 222 cm³/mol. The molecule has 0 bridgehead atoms. The second-order valence-corrected chi connectivity index (χ2v) is 20.3. The van der Waals surface area contributed by atoms with Gasteiger partial charge in [0.1, 0.15) is 24.9 Å². The van der Waals surface area contributed by atoms with Gasteiger partial charge < -0.3 is 33.5 Å². The molecular weight excluding hydrogens is 765 g/mol. The molecule has 13 nitrogen and oxygen atoms in total. The number of halogens is 2. The highest BCUT2D eigenvalue weighted by molar-refractivity contribution is 8.32. The molecule has 2 aliphatic rings. The third kappa shape index (κ3) is 8.82. The number of imidazole rings is 1. The van der Waals surface area contributed by atoms with E-state index in [9.17, 15) is 13.6 Å². The predicted octanol–water partition coefficient (Wildman–Crippen LogP) is 6.94. The molecule has 1 saturated carbocycles. The average Bonchev–Trinajstić information content (AvgIpc) is 3.49. The summed E-state index contributed by atoms with van der Waals surface area (Å²) < 4.78 is 50.4. The van der Waals surface area contributed by atoms with E-state index in [1.807, 2.05) is 83.8 Å². The van der Waals surface area contributed by atoms with E-state index in [-0.39, 0.29) is 19.6 Å². The van der Waals surface area contributed by atoms with E-state index in [0.717, 1.165) is 39.5 Å². The zero-order valence-corrected chi connectivity index (χ0v) is 34.1. The molecule has 0 radical (unpaired) electrons. The van der Waals surface area contributed by atoms with Gasteiger partial charge in [-0.05, 0) is 54.2 Å². The van der Waals surface area contributed by atoms with Crippen molar-refractivity contribution in [3.05, 3.63) is 108 Å². The molecule has 1 saturated heterocycles. The standard InChI is InChI=1S/C42H49F2N9O4S/c1-55-32-16-14-30(15-17-32)26-51(27-37-46-35-12-8-9-13-36(35)52(37)29-56-22-23-58(2,3)4)40-48-39(47-38-33(25-45-53(38)40)34-24-42(34,43)44)49-18-20-50(21-19-49)41(54)57-28-31-10-6-5-7-11-31/h5-17,25,34H,18-24,26-29H2,1-4H3. The van der Waals surface area contributed by atoms with Gasteiger partial charge in [0.05, 0.1) is 43.4 Å². The van der Waals surface area contributed by atoms with E-state index >= 15 is 0 Å². The SMILES string of the molecule is COc1ccc(CN(Cc2nc3ccccc3n2COCCS(C)(C)C)c2nc(N3CCN(C(=O)OCc4ccccc4)CC3)nc3c(C4CC4(F)F)cnn23)cc1. The van der Waals surface area contributed by atoms with Gasteiger partial charge in [0.2, 0.25) is 11.9 Å². The van der Waals surface area contributed by atoms with Gasteiger partial charge >= 0.3 is 6.09 Å². The van der Waals surface area contributed by atoms with Crippen LogP contribution in [0.2, 0.25) is 0 Å². The number of anilines is 2. The number of methoxy groups -OCH3 is 1. The van der Waals surface area contributed by atoms with E-state index in [2.05, 4.69) is 33.3 Å². The Kier molecular flexibility index (Phi) is 11.1. The third-order valence-electron chi connectivity index (χ3n) is 10.5. The van der Waals surface area contributed by atoms with Crippen molar-refractivity contribution >= 4 is 44.7 Å². The van der Waals surface area contributed by atoms with Gasteiger partial charge in [-0.25, -0.2) is 28.6 Å². The average molecular weight is 814 g/mol. The Balaban J connectivity index is 1.14. The van der Waals surface area contributed by atoms with Crippen molar-refractivity contribution in [3.63, 3.8) is 0 Å². The Morgan fingerprint density at radius 3 is 2.33 bits per heavy atom. The van der Waals surface area contributed by atoms with Gasteiger partial charge in [0.15, 0.2) is 5.65 Å². The highest BCUT2D eigenvalue weighted by atomic mass is 32.3. The van der Waals surface area contributed by atoms with Gasteiger partial charge in [-0.2, -0.15) is 19.6 Å². The van der Waals surface area contributed by atoms with Crippen molar-refractivity contribution in [2.24, 2.45) is 0 Å². The summed E-state index contributed by atoms with van der Waals surface area (Å²) in [6.07, 6.45) is 7.65. The number of para-hydroxylation sites is 2. The fraction of sp³-hybridized carbons (Fsp3) is 0.405. The summed E-state index contributed by atoms with van der Waals surface area (Å²) in [5.41, 5.74) is 4.35. The minimum Gasteiger partial charge on any atom is -0.497 e. The smallest absolute Gasteiger partial charge is 0.410 e. The minimum absolute atomic E-state index is 0.181. The quantitative estimate of drug-likeness (QED) is 0.101. The molecule has 58 heavy (non-hydrogen) atoms. The molecule has 6 aromatic rings. The first-order chi connectivity index (χ1) is 28.0. The van der Waals surface area contributed by atoms with Crippen LogP contribution in [-0.2, 0) is 35.9 Å². The summed E-state index contributed by atoms with van der Waals surface area (Å²) in [4.78, 5) is 33.9. The molecule has 0 spiro atoms. The lowest BCUT2D eigenvalue weighted by molar-refractivity contribution is 0.0903. The molecule has 1 amide bonds. The highest BCUT2D eigenvalue weighted by Crippen LogP contribution is 2.56. The number of hydrogen-bond donors (Lipinski definition) is 0. The monoisotopic (exact) mass is 813 g/mol. The number of amides is 1. The maximum atomic E-state index is 14.7. The van der Waals surface area contributed by atoms with E-state index in [4.69, 9.17) is 29.2 Å². The fourth-order valence-corrected chi connectivity index (χ4v) is 7.70. The van der Waals surface area contributed by atoms with Crippen LogP contribution in [0.1, 0.15) is 34.9 Å². The Morgan fingerprint density at radius 2 is 1.62 bits per heavy atom. The van der Waals surface area contributed by atoms with Crippen LogP contribution < -0.4 is 14.5 Å². The van der Waals surface area contributed by atoms with Crippen molar-refractivity contribution in [1.82, 2.24) is 34.0 Å². The number of nitrogens with zero attached hydrogens (tertiary/aromatic N) is 9. The Labute approximate surface area is 337 Å². The molecule has 3 aromatic heterocycles. The molecular formula is C42H49F2N9O4S. The summed E-state index contributed by atoms with van der Waals surface area (Å²) in [6.45, 7) is 3.37. The number of carbonyl (C=O) groups is 1. The number of hydrogen-bond acceptors (Lipinski definition) is 10. The molecule has 0 N–H and O–H groups in total. The summed E-state index contributed by atoms with van der Waals surface area (Å²) in [7, 11) is 0.885. The number of alkyl halides is 2. The van der Waals surface area contributed by atoms with Gasteiger partial charge in [-0.1, -0.05) is 54.6 Å². The first-order valence-corrected chi connectivity index (χ1v) is 22.4. The topological polar surface area (TPSA) is 115 Å². The first kappa shape index (κ1) is 39.4. The van der Waals surface area contributed by atoms with Gasteiger partial charge in [-0.3, -0.25) is 0 Å². The minimum atomic E-state index is -2.83. The summed E-state index contributed by atoms with van der Waals surface area (Å²) in [5.74, 6) is -0.576. The molecule has 1 atom stereocenters.